The Hall–Kier alpha value is -1.96. The smallest absolute Gasteiger partial charge is 0.406 e. The van der Waals surface area contributed by atoms with Crippen molar-refractivity contribution in [3.05, 3.63) is 24.3 Å². The summed E-state index contributed by atoms with van der Waals surface area (Å²) in [4.78, 5) is 4.01. The second-order valence-corrected chi connectivity index (χ2v) is 3.96. The molecular formula is C12H16F3N3O2. The number of ether oxygens (including phenoxy) is 1. The number of nitrogens with one attached hydrogen (secondary N) is 1. The largest absolute Gasteiger partial charge is 0.573 e. The highest BCUT2D eigenvalue weighted by atomic mass is 19.4. The average Bonchev–Trinajstić information content (AvgIpc) is 2.36. The van der Waals surface area contributed by atoms with Crippen LogP contribution in [-0.2, 0) is 0 Å². The molecule has 20 heavy (non-hydrogen) atoms. The predicted molar refractivity (Wildman–Crippen MR) is 69.5 cm³/mol. The van der Waals surface area contributed by atoms with Crippen LogP contribution in [0.2, 0.25) is 0 Å². The fraction of sp³-hybridized carbons (Fsp3) is 0.417. The van der Waals surface area contributed by atoms with Gasteiger partial charge in [0.15, 0.2) is 5.96 Å². The van der Waals surface area contributed by atoms with Gasteiger partial charge in [0.05, 0.1) is 12.6 Å². The summed E-state index contributed by atoms with van der Waals surface area (Å²) in [6, 6.07) is 4.77. The molecule has 1 aromatic carbocycles. The number of halogens is 3. The number of aliphatic imine (C=N–C) groups is 1. The summed E-state index contributed by atoms with van der Waals surface area (Å²) in [7, 11) is 0. The molecule has 0 amide bonds. The van der Waals surface area contributed by atoms with E-state index in [1.807, 2.05) is 6.92 Å². The maximum absolute atomic E-state index is 12.0. The van der Waals surface area contributed by atoms with Crippen molar-refractivity contribution in [2.75, 3.05) is 11.9 Å². The van der Waals surface area contributed by atoms with Crippen molar-refractivity contribution >= 4 is 11.6 Å². The number of alkyl halides is 3. The first-order valence-electron chi connectivity index (χ1n) is 5.91. The summed E-state index contributed by atoms with van der Waals surface area (Å²) in [6.07, 6.45) is -4.10. The third kappa shape index (κ3) is 5.79. The molecule has 1 aromatic rings. The minimum atomic E-state index is -4.72. The van der Waals surface area contributed by atoms with Gasteiger partial charge in [0, 0.05) is 5.69 Å². The Morgan fingerprint density at radius 2 is 2.00 bits per heavy atom. The van der Waals surface area contributed by atoms with Crippen LogP contribution in [0.3, 0.4) is 0 Å². The van der Waals surface area contributed by atoms with E-state index in [0.717, 1.165) is 12.1 Å². The van der Waals surface area contributed by atoms with Gasteiger partial charge in [-0.3, -0.25) is 0 Å². The minimum absolute atomic E-state index is 0.0791. The quantitative estimate of drug-likeness (QED) is 0.573. The van der Waals surface area contributed by atoms with Gasteiger partial charge in [0.2, 0.25) is 0 Å². The number of aliphatic hydroxyl groups is 1. The van der Waals surface area contributed by atoms with Crippen molar-refractivity contribution in [3.63, 3.8) is 0 Å². The number of hydrogen-bond acceptors (Lipinski definition) is 3. The molecule has 1 rings (SSSR count). The molecule has 0 saturated heterocycles. The average molecular weight is 291 g/mol. The van der Waals surface area contributed by atoms with Crippen LogP contribution in [0, 0.1) is 0 Å². The van der Waals surface area contributed by atoms with Gasteiger partial charge < -0.3 is 20.9 Å². The van der Waals surface area contributed by atoms with Gasteiger partial charge in [-0.1, -0.05) is 6.92 Å². The van der Waals surface area contributed by atoms with E-state index in [1.54, 1.807) is 0 Å². The number of nitrogens with zero attached hydrogens (tertiary/aromatic N) is 1. The van der Waals surface area contributed by atoms with E-state index in [1.165, 1.54) is 12.1 Å². The van der Waals surface area contributed by atoms with Crippen molar-refractivity contribution in [1.82, 2.24) is 0 Å². The number of nitrogens with two attached hydrogens (primary N) is 1. The molecule has 0 aliphatic rings. The lowest BCUT2D eigenvalue weighted by molar-refractivity contribution is -0.274. The highest BCUT2D eigenvalue weighted by Gasteiger charge is 2.30. The normalized spacial score (nSPS) is 13.9. The lowest BCUT2D eigenvalue weighted by atomic mass is 10.2. The van der Waals surface area contributed by atoms with Crippen LogP contribution in [0.4, 0.5) is 18.9 Å². The molecule has 0 bridgehead atoms. The van der Waals surface area contributed by atoms with E-state index in [-0.39, 0.29) is 24.4 Å². The molecule has 1 atom stereocenters. The highest BCUT2D eigenvalue weighted by molar-refractivity contribution is 5.92. The third-order valence-electron chi connectivity index (χ3n) is 2.36. The van der Waals surface area contributed by atoms with Crippen molar-refractivity contribution < 1.29 is 23.0 Å². The Labute approximate surface area is 114 Å². The molecule has 0 aliphatic carbocycles. The van der Waals surface area contributed by atoms with Gasteiger partial charge in [-0.05, 0) is 30.7 Å². The van der Waals surface area contributed by atoms with E-state index in [0.29, 0.717) is 12.1 Å². The maximum Gasteiger partial charge on any atom is 0.573 e. The number of anilines is 1. The zero-order chi connectivity index (χ0) is 15.2. The Bertz CT molecular complexity index is 442. The second-order valence-electron chi connectivity index (χ2n) is 3.96. The monoisotopic (exact) mass is 291 g/mol. The van der Waals surface area contributed by atoms with E-state index >= 15 is 0 Å². The molecule has 0 unspecified atom stereocenters. The molecule has 112 valence electrons. The lowest BCUT2D eigenvalue weighted by Gasteiger charge is -2.11. The standard InChI is InChI=1S/C12H16F3N3O2/c1-2-8(7-19)17-11(16)18-9-3-5-10(6-4-9)20-12(13,14)15/h3-6,8,19H,2,7H2,1H3,(H3,16,17,18)/t8-/m1/s1. The first-order valence-corrected chi connectivity index (χ1v) is 5.91. The Morgan fingerprint density at radius 1 is 1.40 bits per heavy atom. The first-order chi connectivity index (χ1) is 9.34. The lowest BCUT2D eigenvalue weighted by Crippen LogP contribution is -2.26. The Kier molecular flexibility index (Phi) is 5.63. The molecule has 0 spiro atoms. The van der Waals surface area contributed by atoms with Gasteiger partial charge in [-0.15, -0.1) is 13.2 Å². The molecule has 5 nitrogen and oxygen atoms in total. The van der Waals surface area contributed by atoms with E-state index < -0.39 is 6.36 Å². The van der Waals surface area contributed by atoms with Gasteiger partial charge in [0.1, 0.15) is 5.75 Å². The molecule has 8 heteroatoms. The van der Waals surface area contributed by atoms with Crippen LogP contribution in [-0.4, -0.2) is 30.1 Å². The first kappa shape index (κ1) is 16.1. The van der Waals surface area contributed by atoms with Crippen LogP contribution < -0.4 is 15.8 Å². The van der Waals surface area contributed by atoms with Crippen LogP contribution in [0.1, 0.15) is 13.3 Å². The number of rotatable bonds is 5. The predicted octanol–water partition coefficient (Wildman–Crippen LogP) is 2.08. The SMILES string of the molecule is CC[C@H](CO)N=C(N)Nc1ccc(OC(F)(F)F)cc1. The minimum Gasteiger partial charge on any atom is -0.406 e. The van der Waals surface area contributed by atoms with Crippen molar-refractivity contribution in [2.24, 2.45) is 10.7 Å². The molecule has 0 aromatic heterocycles. The summed E-state index contributed by atoms with van der Waals surface area (Å²) in [5, 5.41) is 11.7. The summed E-state index contributed by atoms with van der Waals surface area (Å²) in [5.74, 6) is -0.240. The molecule has 0 aliphatic heterocycles. The van der Waals surface area contributed by atoms with E-state index in [4.69, 9.17) is 10.8 Å². The van der Waals surface area contributed by atoms with Crippen LogP contribution >= 0.6 is 0 Å². The number of guanidine groups is 1. The van der Waals surface area contributed by atoms with Gasteiger partial charge >= 0.3 is 6.36 Å². The van der Waals surface area contributed by atoms with E-state index in [9.17, 15) is 13.2 Å². The third-order valence-corrected chi connectivity index (χ3v) is 2.36. The molecule has 0 fully saturated rings. The van der Waals surface area contributed by atoms with Crippen LogP contribution in [0.25, 0.3) is 0 Å². The van der Waals surface area contributed by atoms with Crippen molar-refractivity contribution in [3.8, 4) is 5.75 Å². The zero-order valence-corrected chi connectivity index (χ0v) is 10.8. The molecule has 0 radical (unpaired) electrons. The topological polar surface area (TPSA) is 79.9 Å². The zero-order valence-electron chi connectivity index (χ0n) is 10.8. The second kappa shape index (κ2) is 6.99. The van der Waals surface area contributed by atoms with Gasteiger partial charge in [-0.2, -0.15) is 0 Å². The van der Waals surface area contributed by atoms with Gasteiger partial charge in [0.25, 0.3) is 0 Å². The van der Waals surface area contributed by atoms with E-state index in [2.05, 4.69) is 15.0 Å². The molecule has 0 heterocycles. The Balaban J connectivity index is 2.65. The van der Waals surface area contributed by atoms with Crippen molar-refractivity contribution in [2.45, 2.75) is 25.7 Å². The summed E-state index contributed by atoms with van der Waals surface area (Å²) < 4.78 is 39.7. The number of aliphatic hydroxyl groups excluding tert-OH is 1. The molecule has 4 N–H and O–H groups in total. The van der Waals surface area contributed by atoms with Crippen molar-refractivity contribution in [1.29, 1.82) is 0 Å². The Morgan fingerprint density at radius 3 is 2.45 bits per heavy atom. The maximum atomic E-state index is 12.0. The number of hydrogen-bond donors (Lipinski definition) is 3. The summed E-state index contributed by atoms with van der Waals surface area (Å²) >= 11 is 0. The van der Waals surface area contributed by atoms with Crippen LogP contribution in [0.15, 0.2) is 29.3 Å². The number of benzene rings is 1. The summed E-state index contributed by atoms with van der Waals surface area (Å²) in [5.41, 5.74) is 6.08. The van der Waals surface area contributed by atoms with Gasteiger partial charge in [-0.25, -0.2) is 4.99 Å². The summed E-state index contributed by atoms with van der Waals surface area (Å²) in [6.45, 7) is 1.72. The van der Waals surface area contributed by atoms with Crippen LogP contribution in [0.5, 0.6) is 5.75 Å². The fourth-order valence-corrected chi connectivity index (χ4v) is 1.38. The fourth-order valence-electron chi connectivity index (χ4n) is 1.38. The molecule has 0 saturated carbocycles. The highest BCUT2D eigenvalue weighted by Crippen LogP contribution is 2.23. The molecular weight excluding hydrogens is 275 g/mol.